The molecule has 3 N–H and O–H groups in total. The van der Waals surface area contributed by atoms with Crippen LogP contribution in [0.2, 0.25) is 0 Å². The summed E-state index contributed by atoms with van der Waals surface area (Å²) in [6.45, 7) is 4.39. The van der Waals surface area contributed by atoms with Gasteiger partial charge in [-0.2, -0.15) is 0 Å². The third-order valence-corrected chi connectivity index (χ3v) is 8.02. The Morgan fingerprint density at radius 1 is 1.13 bits per heavy atom. The van der Waals surface area contributed by atoms with Crippen molar-refractivity contribution >= 4 is 22.7 Å². The number of hydrogen-bond acceptors (Lipinski definition) is 5. The number of aromatic nitrogens is 3. The molecule has 5 heterocycles. The Balaban J connectivity index is 1.18. The molecule has 2 aromatic carbocycles. The number of fused-ring (bicyclic) bond motifs is 5. The molecule has 3 aliphatic rings. The first-order valence-corrected chi connectivity index (χ1v) is 13.5. The molecule has 3 aliphatic heterocycles. The molecule has 0 bridgehead atoms. The number of aromatic amines is 1. The van der Waals surface area contributed by atoms with E-state index in [1.165, 1.54) is 6.42 Å². The van der Waals surface area contributed by atoms with Crippen LogP contribution in [-0.4, -0.2) is 39.4 Å². The molecule has 7 nitrogen and oxygen atoms in total. The van der Waals surface area contributed by atoms with Crippen LogP contribution in [0.25, 0.3) is 39.5 Å². The molecular formula is C30H31FN6O. The molecule has 8 heteroatoms. The van der Waals surface area contributed by atoms with Gasteiger partial charge in [0.25, 0.3) is 0 Å². The number of rotatable bonds is 5. The fourth-order valence-corrected chi connectivity index (χ4v) is 5.92. The highest BCUT2D eigenvalue weighted by molar-refractivity contribution is 5.92. The van der Waals surface area contributed by atoms with Gasteiger partial charge in [0.2, 0.25) is 0 Å². The molecular weight excluding hydrogens is 479 g/mol. The first-order chi connectivity index (χ1) is 18.7. The van der Waals surface area contributed by atoms with Gasteiger partial charge < -0.3 is 24.9 Å². The summed E-state index contributed by atoms with van der Waals surface area (Å²) in [4.78, 5) is 12.6. The summed E-state index contributed by atoms with van der Waals surface area (Å²) in [6.07, 6.45) is 10.2. The maximum Gasteiger partial charge on any atom is 0.165 e. The first-order valence-electron chi connectivity index (χ1n) is 13.5. The van der Waals surface area contributed by atoms with E-state index in [1.54, 1.807) is 0 Å². The predicted molar refractivity (Wildman–Crippen MR) is 149 cm³/mol. The molecule has 0 spiro atoms. The minimum Gasteiger partial charge on any atom is -0.472 e. The van der Waals surface area contributed by atoms with Crippen LogP contribution in [0.3, 0.4) is 0 Å². The van der Waals surface area contributed by atoms with Crippen molar-refractivity contribution in [1.82, 2.24) is 25.2 Å². The normalized spacial score (nSPS) is 21.3. The quantitative estimate of drug-likeness (QED) is 0.297. The van der Waals surface area contributed by atoms with Crippen molar-refractivity contribution in [2.24, 2.45) is 4.99 Å². The Bertz CT molecular complexity index is 1570. The number of halogens is 1. The maximum atomic E-state index is 15.9. The van der Waals surface area contributed by atoms with E-state index in [-0.39, 0.29) is 18.6 Å². The number of nitrogens with one attached hydrogen (secondary N) is 3. The van der Waals surface area contributed by atoms with Gasteiger partial charge in [0.05, 0.1) is 29.1 Å². The minimum atomic E-state index is -0.224. The molecule has 0 unspecified atom stereocenters. The van der Waals surface area contributed by atoms with E-state index in [4.69, 9.17) is 4.74 Å². The molecule has 0 radical (unpaired) electrons. The number of nitrogens with zero attached hydrogens (tertiary/aromatic N) is 3. The van der Waals surface area contributed by atoms with E-state index in [0.717, 1.165) is 71.8 Å². The van der Waals surface area contributed by atoms with Gasteiger partial charge in [-0.25, -0.2) is 9.37 Å². The number of hydrogen-bond donors (Lipinski definition) is 3. The number of benzene rings is 2. The highest BCUT2D eigenvalue weighted by Gasteiger charge is 2.26. The molecule has 2 fully saturated rings. The van der Waals surface area contributed by atoms with Crippen LogP contribution in [-0.2, 0) is 6.73 Å². The molecule has 0 aliphatic carbocycles. The molecule has 194 valence electrons. The summed E-state index contributed by atoms with van der Waals surface area (Å²) >= 11 is 0. The van der Waals surface area contributed by atoms with Gasteiger partial charge in [-0.1, -0.05) is 12.1 Å². The molecule has 4 aromatic rings. The summed E-state index contributed by atoms with van der Waals surface area (Å²) in [6, 6.07) is 12.4. The summed E-state index contributed by atoms with van der Waals surface area (Å²) < 4.78 is 23.9. The monoisotopic (exact) mass is 510 g/mol. The second-order valence-corrected chi connectivity index (χ2v) is 10.4. The maximum absolute atomic E-state index is 15.9. The Labute approximate surface area is 220 Å². The SMILES string of the molecule is C/C(=N\C=C\c1ccc2c(c1)c(F)c1n2COc2cc(-c3cnc([C@@H]4CCCN4)[nH]3)ccc2-1)[C@@H]1CCCN1. The molecule has 0 amide bonds. The van der Waals surface area contributed by atoms with Gasteiger partial charge in [-0.05, 0) is 81.6 Å². The minimum absolute atomic E-state index is 0.224. The molecule has 38 heavy (non-hydrogen) atoms. The third-order valence-electron chi connectivity index (χ3n) is 8.02. The molecule has 2 atom stereocenters. The lowest BCUT2D eigenvalue weighted by molar-refractivity contribution is 0.234. The Kier molecular flexibility index (Phi) is 5.86. The summed E-state index contributed by atoms with van der Waals surface area (Å²) in [7, 11) is 0. The lowest BCUT2D eigenvalue weighted by Crippen LogP contribution is -2.28. The summed E-state index contributed by atoms with van der Waals surface area (Å²) in [5, 5.41) is 7.52. The third kappa shape index (κ3) is 4.04. The standard InChI is InChI=1S/C30H31FN6O/c1-18(23-4-2-11-33-23)32-13-10-19-6-9-26-22(14-19)28(31)29-21-8-7-20(15-27(21)38-17-37(26)29)25-16-35-30(36-25)24-5-3-12-34-24/h6-10,13-16,23-24,33-34H,2-5,11-12,17H2,1H3,(H,35,36)/b13-10+,32-18+/t23-,24-/m0/s1. The number of H-pyrrole nitrogens is 1. The summed E-state index contributed by atoms with van der Waals surface area (Å²) in [5.74, 6) is 1.42. The zero-order chi connectivity index (χ0) is 25.6. The Morgan fingerprint density at radius 2 is 2.03 bits per heavy atom. The lowest BCUT2D eigenvalue weighted by Gasteiger charge is -2.21. The Hall–Kier alpha value is -3.75. The van der Waals surface area contributed by atoms with E-state index in [0.29, 0.717) is 22.9 Å². The highest BCUT2D eigenvalue weighted by Crippen LogP contribution is 2.42. The van der Waals surface area contributed by atoms with E-state index < -0.39 is 0 Å². The molecule has 2 saturated heterocycles. The zero-order valence-corrected chi connectivity index (χ0v) is 21.4. The predicted octanol–water partition coefficient (Wildman–Crippen LogP) is 5.80. The smallest absolute Gasteiger partial charge is 0.165 e. The van der Waals surface area contributed by atoms with E-state index in [1.807, 2.05) is 59.4 Å². The second kappa shape index (κ2) is 9.53. The van der Waals surface area contributed by atoms with Gasteiger partial charge >= 0.3 is 0 Å². The van der Waals surface area contributed by atoms with Crippen LogP contribution < -0.4 is 15.4 Å². The van der Waals surface area contributed by atoms with Crippen LogP contribution >= 0.6 is 0 Å². The average Bonchev–Trinajstić information content (AvgIpc) is 3.76. The second-order valence-electron chi connectivity index (χ2n) is 10.4. The Morgan fingerprint density at radius 3 is 2.87 bits per heavy atom. The molecule has 7 rings (SSSR count). The van der Waals surface area contributed by atoms with Crippen LogP contribution in [0.5, 0.6) is 5.75 Å². The first kappa shape index (κ1) is 23.4. The number of aliphatic imine (C=N–C) groups is 1. The summed E-state index contributed by atoms with van der Waals surface area (Å²) in [5.41, 5.74) is 6.05. The van der Waals surface area contributed by atoms with E-state index in [9.17, 15) is 0 Å². The van der Waals surface area contributed by atoms with Crippen molar-refractivity contribution in [1.29, 1.82) is 0 Å². The molecule has 2 aromatic heterocycles. The lowest BCUT2D eigenvalue weighted by atomic mass is 10.0. The molecule has 0 saturated carbocycles. The van der Waals surface area contributed by atoms with Crippen LogP contribution in [0.15, 0.2) is 53.8 Å². The van der Waals surface area contributed by atoms with Crippen molar-refractivity contribution in [2.75, 3.05) is 13.1 Å². The number of imidazole rings is 1. The topological polar surface area (TPSA) is 79.3 Å². The fourth-order valence-electron chi connectivity index (χ4n) is 5.92. The van der Waals surface area contributed by atoms with Crippen LogP contribution in [0, 0.1) is 5.82 Å². The fraction of sp³-hybridized carbons (Fsp3) is 0.333. The van der Waals surface area contributed by atoms with Crippen molar-refractivity contribution < 1.29 is 9.13 Å². The van der Waals surface area contributed by atoms with Crippen molar-refractivity contribution in [3.05, 3.63) is 66.0 Å². The van der Waals surface area contributed by atoms with Gasteiger partial charge in [-0.3, -0.25) is 4.99 Å². The largest absolute Gasteiger partial charge is 0.472 e. The van der Waals surface area contributed by atoms with E-state index >= 15 is 4.39 Å². The van der Waals surface area contributed by atoms with Crippen molar-refractivity contribution in [2.45, 2.75) is 51.4 Å². The van der Waals surface area contributed by atoms with Gasteiger partial charge in [0.15, 0.2) is 12.5 Å². The van der Waals surface area contributed by atoms with Gasteiger partial charge in [0.1, 0.15) is 11.6 Å². The number of ether oxygens (including phenoxy) is 1. The average molecular weight is 511 g/mol. The van der Waals surface area contributed by atoms with Crippen molar-refractivity contribution in [3.63, 3.8) is 0 Å². The van der Waals surface area contributed by atoms with Crippen LogP contribution in [0.4, 0.5) is 4.39 Å². The highest BCUT2D eigenvalue weighted by atomic mass is 19.1. The van der Waals surface area contributed by atoms with Crippen molar-refractivity contribution in [3.8, 4) is 28.3 Å². The van der Waals surface area contributed by atoms with Crippen LogP contribution in [0.1, 0.15) is 50.0 Å². The van der Waals surface area contributed by atoms with Gasteiger partial charge in [0, 0.05) is 34.5 Å². The zero-order valence-electron chi connectivity index (χ0n) is 21.4. The van der Waals surface area contributed by atoms with E-state index in [2.05, 4.69) is 32.5 Å². The van der Waals surface area contributed by atoms with Gasteiger partial charge in [-0.15, -0.1) is 0 Å².